The van der Waals surface area contributed by atoms with Crippen LogP contribution in [0.25, 0.3) is 0 Å². The monoisotopic (exact) mass is 124 g/mol. The summed E-state index contributed by atoms with van der Waals surface area (Å²) >= 11 is 0. The Morgan fingerprint density at radius 1 is 1.56 bits per heavy atom. The molecule has 1 heteroatoms. The third-order valence-electron chi connectivity index (χ3n) is 0.885. The van der Waals surface area contributed by atoms with Gasteiger partial charge in [0.2, 0.25) is 0 Å². The Morgan fingerprint density at radius 3 is 2.89 bits per heavy atom. The minimum Gasteiger partial charge on any atom is -0.381 e. The minimum atomic E-state index is 0.685. The van der Waals surface area contributed by atoms with Gasteiger partial charge in [0, 0.05) is 13.5 Å². The van der Waals surface area contributed by atoms with E-state index in [4.69, 9.17) is 11.2 Å². The molecule has 0 aromatic rings. The van der Waals surface area contributed by atoms with Crippen molar-refractivity contribution in [2.24, 2.45) is 0 Å². The van der Waals surface area contributed by atoms with E-state index in [9.17, 15) is 0 Å². The third-order valence-corrected chi connectivity index (χ3v) is 0.885. The van der Waals surface area contributed by atoms with Crippen molar-refractivity contribution >= 4 is 0 Å². The smallest absolute Gasteiger partial charge is 0.0643 e. The largest absolute Gasteiger partial charge is 0.381 e. The van der Waals surface area contributed by atoms with Crippen LogP contribution in [0.5, 0.6) is 0 Å². The zero-order valence-corrected chi connectivity index (χ0v) is 5.76. The predicted octanol–water partition coefficient (Wildman–Crippen LogP) is 1.60. The second kappa shape index (κ2) is 7.26. The fourth-order valence-electron chi connectivity index (χ4n) is 0.449. The van der Waals surface area contributed by atoms with E-state index in [0.29, 0.717) is 6.61 Å². The van der Waals surface area contributed by atoms with Crippen molar-refractivity contribution < 1.29 is 4.74 Å². The summed E-state index contributed by atoms with van der Waals surface area (Å²) < 4.78 is 4.78. The molecule has 0 saturated carbocycles. The van der Waals surface area contributed by atoms with Gasteiger partial charge >= 0.3 is 0 Å². The van der Waals surface area contributed by atoms with Gasteiger partial charge in [-0.25, -0.2) is 0 Å². The van der Waals surface area contributed by atoms with Crippen LogP contribution < -0.4 is 0 Å². The van der Waals surface area contributed by atoms with Crippen LogP contribution in [0, 0.1) is 12.3 Å². The average molecular weight is 124 g/mol. The molecule has 0 radical (unpaired) electrons. The third kappa shape index (κ3) is 7.26. The van der Waals surface area contributed by atoms with Gasteiger partial charge in [-0.1, -0.05) is 12.2 Å². The highest BCUT2D eigenvalue weighted by molar-refractivity contribution is 4.90. The van der Waals surface area contributed by atoms with Crippen molar-refractivity contribution in [2.75, 3.05) is 13.7 Å². The highest BCUT2D eigenvalue weighted by Gasteiger charge is 1.73. The standard InChI is InChI=1S/C8H12O/c1-3-4-5-6-7-8-9-2/h1,6-7H,4-5,8H2,2H3/b7-6+. The number of terminal acetylenes is 1. The lowest BCUT2D eigenvalue weighted by Crippen LogP contribution is -1.79. The molecule has 0 aliphatic rings. The van der Waals surface area contributed by atoms with Crippen LogP contribution in [0.3, 0.4) is 0 Å². The van der Waals surface area contributed by atoms with Gasteiger partial charge in [0.25, 0.3) is 0 Å². The summed E-state index contributed by atoms with van der Waals surface area (Å²) in [7, 11) is 1.67. The second-order valence-electron chi connectivity index (χ2n) is 1.67. The lowest BCUT2D eigenvalue weighted by atomic mass is 10.3. The minimum absolute atomic E-state index is 0.685. The number of methoxy groups -OCH3 is 1. The van der Waals surface area contributed by atoms with Crippen molar-refractivity contribution in [3.8, 4) is 12.3 Å². The molecule has 0 aliphatic heterocycles. The van der Waals surface area contributed by atoms with E-state index in [-0.39, 0.29) is 0 Å². The number of ether oxygens (including phenoxy) is 1. The van der Waals surface area contributed by atoms with Crippen molar-refractivity contribution in [2.45, 2.75) is 12.8 Å². The molecule has 0 amide bonds. The van der Waals surface area contributed by atoms with Crippen molar-refractivity contribution in [3.63, 3.8) is 0 Å². The Morgan fingerprint density at radius 2 is 2.33 bits per heavy atom. The second-order valence-corrected chi connectivity index (χ2v) is 1.67. The molecule has 0 N–H and O–H groups in total. The molecule has 0 aromatic carbocycles. The van der Waals surface area contributed by atoms with Gasteiger partial charge in [0.05, 0.1) is 6.61 Å². The van der Waals surface area contributed by atoms with E-state index < -0.39 is 0 Å². The maximum Gasteiger partial charge on any atom is 0.0643 e. The zero-order valence-electron chi connectivity index (χ0n) is 5.76. The van der Waals surface area contributed by atoms with Crippen LogP contribution >= 0.6 is 0 Å². The van der Waals surface area contributed by atoms with Gasteiger partial charge in [-0.15, -0.1) is 12.3 Å². The van der Waals surface area contributed by atoms with Gasteiger partial charge in [0.1, 0.15) is 0 Å². The maximum absolute atomic E-state index is 5.03. The van der Waals surface area contributed by atoms with Crippen LogP contribution in [-0.2, 0) is 4.74 Å². The number of allylic oxidation sites excluding steroid dienone is 1. The average Bonchev–Trinajstić information content (AvgIpc) is 1.89. The molecule has 0 bridgehead atoms. The summed E-state index contributed by atoms with van der Waals surface area (Å²) in [5.41, 5.74) is 0. The molecular formula is C8H12O. The summed E-state index contributed by atoms with van der Waals surface area (Å²) in [6.45, 7) is 0.685. The number of hydrogen-bond donors (Lipinski definition) is 0. The predicted molar refractivity (Wildman–Crippen MR) is 39.1 cm³/mol. The number of rotatable bonds is 4. The van der Waals surface area contributed by atoms with E-state index in [0.717, 1.165) is 12.8 Å². The lowest BCUT2D eigenvalue weighted by molar-refractivity contribution is 0.233. The van der Waals surface area contributed by atoms with E-state index in [2.05, 4.69) is 5.92 Å². The van der Waals surface area contributed by atoms with Crippen LogP contribution in [0.1, 0.15) is 12.8 Å². The summed E-state index contributed by atoms with van der Waals surface area (Å²) in [5, 5.41) is 0. The Labute approximate surface area is 56.7 Å². The maximum atomic E-state index is 5.03. The summed E-state index contributed by atoms with van der Waals surface area (Å²) in [4.78, 5) is 0. The quantitative estimate of drug-likeness (QED) is 0.314. The Hall–Kier alpha value is -0.740. The van der Waals surface area contributed by atoms with Gasteiger partial charge < -0.3 is 4.74 Å². The lowest BCUT2D eigenvalue weighted by Gasteiger charge is -1.86. The van der Waals surface area contributed by atoms with E-state index in [1.807, 2.05) is 12.2 Å². The topological polar surface area (TPSA) is 9.23 Å². The molecule has 50 valence electrons. The first-order chi connectivity index (χ1) is 4.41. The van der Waals surface area contributed by atoms with E-state index in [1.54, 1.807) is 7.11 Å². The molecule has 0 spiro atoms. The van der Waals surface area contributed by atoms with Crippen LogP contribution in [-0.4, -0.2) is 13.7 Å². The SMILES string of the molecule is C#CCC/C=C/COC. The van der Waals surface area contributed by atoms with Crippen molar-refractivity contribution in [1.82, 2.24) is 0 Å². The van der Waals surface area contributed by atoms with Gasteiger partial charge in [-0.2, -0.15) is 0 Å². The first kappa shape index (κ1) is 8.26. The molecule has 0 saturated heterocycles. The number of unbranched alkanes of at least 4 members (excludes halogenated alkanes) is 1. The van der Waals surface area contributed by atoms with Gasteiger partial charge in [-0.3, -0.25) is 0 Å². The highest BCUT2D eigenvalue weighted by atomic mass is 16.5. The van der Waals surface area contributed by atoms with Crippen molar-refractivity contribution in [1.29, 1.82) is 0 Å². The molecule has 1 nitrogen and oxygen atoms in total. The Kier molecular flexibility index (Phi) is 6.66. The molecule has 9 heavy (non-hydrogen) atoms. The summed E-state index contributed by atoms with van der Waals surface area (Å²) in [6.07, 6.45) is 10.8. The first-order valence-electron chi connectivity index (χ1n) is 2.99. The Balaban J connectivity index is 2.97. The van der Waals surface area contributed by atoms with Crippen LogP contribution in [0.2, 0.25) is 0 Å². The number of hydrogen-bond acceptors (Lipinski definition) is 1. The fourth-order valence-corrected chi connectivity index (χ4v) is 0.449. The molecule has 0 heterocycles. The van der Waals surface area contributed by atoms with E-state index in [1.165, 1.54) is 0 Å². The molecular weight excluding hydrogens is 112 g/mol. The molecule has 0 aromatic heterocycles. The van der Waals surface area contributed by atoms with E-state index >= 15 is 0 Å². The Bertz CT molecular complexity index is 108. The van der Waals surface area contributed by atoms with Crippen molar-refractivity contribution in [3.05, 3.63) is 12.2 Å². The molecule has 0 atom stereocenters. The van der Waals surface area contributed by atoms with Crippen LogP contribution in [0.15, 0.2) is 12.2 Å². The highest BCUT2D eigenvalue weighted by Crippen LogP contribution is 1.87. The summed E-state index contributed by atoms with van der Waals surface area (Å²) in [5.74, 6) is 2.55. The van der Waals surface area contributed by atoms with Crippen LogP contribution in [0.4, 0.5) is 0 Å². The normalized spacial score (nSPS) is 9.78. The molecule has 0 unspecified atom stereocenters. The summed E-state index contributed by atoms with van der Waals surface area (Å²) in [6, 6.07) is 0. The van der Waals surface area contributed by atoms with Gasteiger partial charge in [0.15, 0.2) is 0 Å². The molecule has 0 rings (SSSR count). The molecule has 0 fully saturated rings. The first-order valence-corrected chi connectivity index (χ1v) is 2.99. The zero-order chi connectivity index (χ0) is 6.95. The van der Waals surface area contributed by atoms with Gasteiger partial charge in [-0.05, 0) is 6.42 Å². The fraction of sp³-hybridized carbons (Fsp3) is 0.500. The molecule has 0 aliphatic carbocycles.